The monoisotopic (exact) mass is 426 g/mol. The van der Waals surface area contributed by atoms with E-state index in [-0.39, 0.29) is 24.0 Å². The highest BCUT2D eigenvalue weighted by molar-refractivity contribution is 14.1. The molecule has 2 aromatic heterocycles. The van der Waals surface area contributed by atoms with E-state index in [1.54, 1.807) is 12.5 Å². The van der Waals surface area contributed by atoms with E-state index in [2.05, 4.69) is 43.2 Å². The molecular weight excluding hydrogens is 416 g/mol. The molecule has 0 fully saturated rings. The van der Waals surface area contributed by atoms with Gasteiger partial charge in [0.2, 0.25) is 0 Å². The maximum atomic E-state index is 3.96. The van der Waals surface area contributed by atoms with Crippen molar-refractivity contribution < 1.29 is 33.5 Å². The van der Waals surface area contributed by atoms with Crippen LogP contribution < -0.4 is 33.5 Å². The van der Waals surface area contributed by atoms with Crippen molar-refractivity contribution in [2.75, 3.05) is 0 Å². The van der Waals surface area contributed by atoms with Crippen LogP contribution in [0.4, 0.5) is 0 Å². The molecule has 0 saturated carbocycles. The first kappa shape index (κ1) is 12.8. The zero-order valence-corrected chi connectivity index (χ0v) is 12.4. The van der Waals surface area contributed by atoms with Gasteiger partial charge in [-0.1, -0.05) is 4.98 Å². The highest BCUT2D eigenvalue weighted by atomic mass is 127. The number of rotatable bonds is 1. The standard InChI is InChI=1S/C10H9IN3.HI/c1-14-6-2-3-8(10(14)11)9-4-5-12-7-13-9;/h2-7H,1H3;1H/q+1;. The summed E-state index contributed by atoms with van der Waals surface area (Å²) in [6.07, 6.45) is 5.51. The summed E-state index contributed by atoms with van der Waals surface area (Å²) in [5, 5.41) is 0. The number of nitrogens with zero attached hydrogens (tertiary/aromatic N) is 2. The lowest BCUT2D eigenvalue weighted by Gasteiger charge is -1.97. The molecule has 0 aliphatic heterocycles. The van der Waals surface area contributed by atoms with Crippen LogP contribution in [0.1, 0.15) is 0 Å². The van der Waals surface area contributed by atoms with Gasteiger partial charge in [0.15, 0.2) is 6.20 Å². The third kappa shape index (κ3) is 2.83. The van der Waals surface area contributed by atoms with Gasteiger partial charge < -0.3 is 24.0 Å². The van der Waals surface area contributed by atoms with Gasteiger partial charge >= 0.3 is 0 Å². The molecule has 15 heavy (non-hydrogen) atoms. The van der Waals surface area contributed by atoms with Gasteiger partial charge in [0.05, 0.1) is 5.56 Å². The average molecular weight is 426 g/mol. The summed E-state index contributed by atoms with van der Waals surface area (Å²) >= 11 is 2.33. The number of hydrogen-bond donors (Lipinski definition) is 0. The van der Waals surface area contributed by atoms with Gasteiger partial charge in [-0.2, -0.15) is 4.57 Å². The molecule has 0 radical (unpaired) electrons. The molecule has 0 aromatic carbocycles. The topological polar surface area (TPSA) is 30.9 Å². The number of aryl methyl sites for hydroxylation is 1. The zero-order chi connectivity index (χ0) is 9.97. The van der Waals surface area contributed by atoms with Crippen molar-refractivity contribution in [3.05, 3.63) is 40.6 Å². The highest BCUT2D eigenvalue weighted by Gasteiger charge is 2.13. The van der Waals surface area contributed by atoms with Crippen LogP contribution in [0.2, 0.25) is 0 Å². The number of aromatic amines is 1. The van der Waals surface area contributed by atoms with Crippen LogP contribution in [0.25, 0.3) is 11.3 Å². The lowest BCUT2D eigenvalue weighted by Crippen LogP contribution is -3.00. The number of aromatic nitrogens is 3. The van der Waals surface area contributed by atoms with E-state index in [1.165, 1.54) is 9.26 Å². The van der Waals surface area contributed by atoms with Gasteiger partial charge in [-0.05, 0) is 6.07 Å². The van der Waals surface area contributed by atoms with Crippen molar-refractivity contribution in [1.29, 1.82) is 0 Å². The second-order valence-electron chi connectivity index (χ2n) is 2.98. The van der Waals surface area contributed by atoms with Crippen molar-refractivity contribution in [2.45, 2.75) is 0 Å². The number of nitrogens with one attached hydrogen (secondary N) is 1. The Morgan fingerprint density at radius 1 is 1.40 bits per heavy atom. The van der Waals surface area contributed by atoms with Gasteiger partial charge in [-0.25, -0.2) is 4.98 Å². The van der Waals surface area contributed by atoms with Gasteiger partial charge in [0.1, 0.15) is 18.9 Å². The molecule has 0 aliphatic carbocycles. The summed E-state index contributed by atoms with van der Waals surface area (Å²) < 4.78 is 3.29. The minimum absolute atomic E-state index is 0. The summed E-state index contributed by atoms with van der Waals surface area (Å²) in [6, 6.07) is 6.09. The van der Waals surface area contributed by atoms with Gasteiger partial charge in [0.25, 0.3) is 10.0 Å². The zero-order valence-electron chi connectivity index (χ0n) is 8.11. The molecule has 0 amide bonds. The summed E-state index contributed by atoms with van der Waals surface area (Å²) in [5.41, 5.74) is 2.28. The van der Waals surface area contributed by atoms with E-state index in [0.29, 0.717) is 0 Å². The summed E-state index contributed by atoms with van der Waals surface area (Å²) in [6.45, 7) is 0. The predicted octanol–water partition coefficient (Wildman–Crippen LogP) is -2.00. The molecule has 0 unspecified atom stereocenters. The molecule has 0 atom stereocenters. The largest absolute Gasteiger partial charge is 1.00 e. The van der Waals surface area contributed by atoms with E-state index in [9.17, 15) is 0 Å². The van der Waals surface area contributed by atoms with Crippen LogP contribution >= 0.6 is 22.6 Å². The minimum atomic E-state index is 0. The van der Waals surface area contributed by atoms with Crippen LogP contribution in [-0.4, -0.2) is 4.98 Å². The Balaban J connectivity index is 0.00000112. The van der Waals surface area contributed by atoms with E-state index in [4.69, 9.17) is 0 Å². The first-order chi connectivity index (χ1) is 6.79. The molecule has 0 bridgehead atoms. The molecule has 3 nitrogen and oxygen atoms in total. The first-order valence-electron chi connectivity index (χ1n) is 4.25. The Labute approximate surface area is 119 Å². The van der Waals surface area contributed by atoms with Crippen molar-refractivity contribution in [3.63, 3.8) is 0 Å². The van der Waals surface area contributed by atoms with Crippen LogP contribution in [0.15, 0.2) is 36.9 Å². The van der Waals surface area contributed by atoms with Crippen LogP contribution in [0.5, 0.6) is 0 Å². The normalized spacial score (nSPS) is 9.47. The minimum Gasteiger partial charge on any atom is -1.00 e. The van der Waals surface area contributed by atoms with Gasteiger partial charge in [-0.3, -0.25) is 0 Å². The van der Waals surface area contributed by atoms with Crippen molar-refractivity contribution in [2.24, 2.45) is 7.05 Å². The Morgan fingerprint density at radius 3 is 2.87 bits per heavy atom. The second-order valence-corrected chi connectivity index (χ2v) is 4.00. The molecule has 2 aromatic rings. The number of pyridine rings is 1. The fraction of sp³-hybridized carbons (Fsp3) is 0.100. The summed E-state index contributed by atoms with van der Waals surface area (Å²) in [5.74, 6) is 0. The maximum Gasteiger partial charge on any atom is 0.284 e. The number of hydrogen-bond acceptors (Lipinski definition) is 1. The van der Waals surface area contributed by atoms with E-state index in [0.717, 1.165) is 5.69 Å². The molecule has 1 N–H and O–H groups in total. The number of halogens is 2. The third-order valence-corrected chi connectivity index (χ3v) is 3.36. The SMILES string of the molecule is C[n+]1cccc(-c2ccnc[nH+]2)c1I.[I-]. The first-order valence-corrected chi connectivity index (χ1v) is 5.33. The predicted molar refractivity (Wildman–Crippen MR) is 60.1 cm³/mol. The quantitative estimate of drug-likeness (QED) is 0.295. The van der Waals surface area contributed by atoms with Crippen LogP contribution in [0.3, 0.4) is 0 Å². The second kappa shape index (κ2) is 5.69. The summed E-state index contributed by atoms with van der Waals surface area (Å²) in [4.78, 5) is 7.08. The lowest BCUT2D eigenvalue weighted by atomic mass is 10.2. The Kier molecular flexibility index (Phi) is 4.84. The summed E-state index contributed by atoms with van der Waals surface area (Å²) in [7, 11) is 2.03. The third-order valence-electron chi connectivity index (χ3n) is 2.02. The van der Waals surface area contributed by atoms with Crippen LogP contribution in [-0.2, 0) is 7.05 Å². The Bertz CT molecular complexity index is 446. The van der Waals surface area contributed by atoms with Gasteiger partial charge in [0, 0.05) is 34.7 Å². The van der Waals surface area contributed by atoms with E-state index < -0.39 is 0 Å². The fourth-order valence-electron chi connectivity index (χ4n) is 1.28. The Hall–Kier alpha value is -0.310. The molecule has 0 saturated heterocycles. The molecule has 2 heterocycles. The molecular formula is C10H10I2N3+. The molecule has 2 rings (SSSR count). The van der Waals surface area contributed by atoms with Crippen molar-refractivity contribution in [1.82, 2.24) is 4.98 Å². The maximum absolute atomic E-state index is 3.96. The van der Waals surface area contributed by atoms with Crippen molar-refractivity contribution >= 4 is 22.6 Å². The average Bonchev–Trinajstić information content (AvgIpc) is 2.23. The molecule has 78 valence electrons. The van der Waals surface area contributed by atoms with Crippen molar-refractivity contribution in [3.8, 4) is 11.3 Å². The van der Waals surface area contributed by atoms with E-state index in [1.807, 2.05) is 25.4 Å². The van der Waals surface area contributed by atoms with Crippen LogP contribution in [0, 0.1) is 3.70 Å². The Morgan fingerprint density at radius 2 is 2.20 bits per heavy atom. The number of H-pyrrole nitrogens is 1. The fourth-order valence-corrected chi connectivity index (χ4v) is 1.91. The lowest BCUT2D eigenvalue weighted by molar-refractivity contribution is -0.683. The molecule has 5 heteroatoms. The van der Waals surface area contributed by atoms with E-state index >= 15 is 0 Å². The highest BCUT2D eigenvalue weighted by Crippen LogP contribution is 2.17. The van der Waals surface area contributed by atoms with Gasteiger partial charge in [-0.15, -0.1) is 0 Å². The molecule has 0 aliphatic rings. The smallest absolute Gasteiger partial charge is 0.284 e. The molecule has 0 spiro atoms.